The Hall–Kier alpha value is -0.790. The molecule has 1 aromatic heterocycles. The zero-order valence-corrected chi connectivity index (χ0v) is 10.3. The SMILES string of the molecule is CC1CCCc2nc(C3CCCCC3)cn21. The molecule has 0 N–H and O–H groups in total. The molecule has 1 aromatic rings. The molecule has 1 atom stereocenters. The minimum absolute atomic E-state index is 0.675. The van der Waals surface area contributed by atoms with Crippen LogP contribution in [-0.2, 0) is 6.42 Å². The van der Waals surface area contributed by atoms with E-state index in [2.05, 4.69) is 17.7 Å². The Bertz CT molecular complexity index is 361. The average Bonchev–Trinajstić information content (AvgIpc) is 2.76. The van der Waals surface area contributed by atoms with Crippen molar-refractivity contribution >= 4 is 0 Å². The normalized spacial score (nSPS) is 26.7. The van der Waals surface area contributed by atoms with Gasteiger partial charge in [-0.15, -0.1) is 0 Å². The van der Waals surface area contributed by atoms with Crippen LogP contribution >= 0.6 is 0 Å². The second kappa shape index (κ2) is 4.23. The summed E-state index contributed by atoms with van der Waals surface area (Å²) in [4.78, 5) is 4.89. The molecule has 1 aliphatic carbocycles. The van der Waals surface area contributed by atoms with Crippen LogP contribution in [0.2, 0.25) is 0 Å². The van der Waals surface area contributed by atoms with Crippen LogP contribution in [-0.4, -0.2) is 9.55 Å². The van der Waals surface area contributed by atoms with Gasteiger partial charge in [0.05, 0.1) is 5.69 Å². The summed E-state index contributed by atoms with van der Waals surface area (Å²) in [6.07, 6.45) is 13.2. The molecule has 0 aromatic carbocycles. The van der Waals surface area contributed by atoms with E-state index in [0.717, 1.165) is 5.92 Å². The third-order valence-corrected chi connectivity index (χ3v) is 4.35. The molecule has 2 heteroatoms. The highest BCUT2D eigenvalue weighted by Crippen LogP contribution is 2.34. The maximum atomic E-state index is 4.89. The van der Waals surface area contributed by atoms with Crippen molar-refractivity contribution in [2.75, 3.05) is 0 Å². The first-order valence-corrected chi connectivity index (χ1v) is 6.92. The van der Waals surface area contributed by atoms with Gasteiger partial charge in [-0.05, 0) is 32.6 Å². The molecule has 1 unspecified atom stereocenters. The molecule has 0 saturated heterocycles. The zero-order valence-electron chi connectivity index (χ0n) is 10.3. The van der Waals surface area contributed by atoms with E-state index in [0.29, 0.717) is 6.04 Å². The summed E-state index contributed by atoms with van der Waals surface area (Å²) in [7, 11) is 0. The molecule has 1 aliphatic heterocycles. The molecule has 0 radical (unpaired) electrons. The fourth-order valence-corrected chi connectivity index (χ4v) is 3.31. The summed E-state index contributed by atoms with van der Waals surface area (Å²) in [6.45, 7) is 2.33. The number of aryl methyl sites for hydroxylation is 1. The maximum absolute atomic E-state index is 4.89. The van der Waals surface area contributed by atoms with E-state index in [4.69, 9.17) is 4.98 Å². The van der Waals surface area contributed by atoms with Gasteiger partial charge in [-0.2, -0.15) is 0 Å². The highest BCUT2D eigenvalue weighted by Gasteiger charge is 2.23. The van der Waals surface area contributed by atoms with Crippen LogP contribution in [0.1, 0.15) is 75.3 Å². The number of imidazole rings is 1. The summed E-state index contributed by atoms with van der Waals surface area (Å²) >= 11 is 0. The van der Waals surface area contributed by atoms with Crippen molar-refractivity contribution in [3.8, 4) is 0 Å². The van der Waals surface area contributed by atoms with Crippen LogP contribution in [0.3, 0.4) is 0 Å². The van der Waals surface area contributed by atoms with Crippen molar-refractivity contribution in [2.24, 2.45) is 0 Å². The molecule has 1 fully saturated rings. The minimum atomic E-state index is 0.675. The van der Waals surface area contributed by atoms with Crippen LogP contribution in [0.25, 0.3) is 0 Å². The van der Waals surface area contributed by atoms with Gasteiger partial charge in [-0.3, -0.25) is 0 Å². The van der Waals surface area contributed by atoms with E-state index in [9.17, 15) is 0 Å². The number of hydrogen-bond donors (Lipinski definition) is 0. The molecule has 2 aliphatic rings. The van der Waals surface area contributed by atoms with Crippen molar-refractivity contribution in [2.45, 2.75) is 70.3 Å². The first-order valence-electron chi connectivity index (χ1n) is 6.92. The second-order valence-electron chi connectivity index (χ2n) is 5.57. The Kier molecular flexibility index (Phi) is 2.74. The third-order valence-electron chi connectivity index (χ3n) is 4.35. The largest absolute Gasteiger partial charge is 0.332 e. The fourth-order valence-electron chi connectivity index (χ4n) is 3.31. The molecule has 2 nitrogen and oxygen atoms in total. The minimum Gasteiger partial charge on any atom is -0.332 e. The summed E-state index contributed by atoms with van der Waals surface area (Å²) in [5, 5.41) is 0. The average molecular weight is 218 g/mol. The maximum Gasteiger partial charge on any atom is 0.109 e. The molecule has 3 rings (SSSR count). The summed E-state index contributed by atoms with van der Waals surface area (Å²) in [5.41, 5.74) is 1.39. The molecule has 1 saturated carbocycles. The molecule has 16 heavy (non-hydrogen) atoms. The van der Waals surface area contributed by atoms with Crippen LogP contribution in [0.4, 0.5) is 0 Å². The molecule has 0 spiro atoms. The smallest absolute Gasteiger partial charge is 0.109 e. The number of hydrogen-bond acceptors (Lipinski definition) is 1. The van der Waals surface area contributed by atoms with Gasteiger partial charge in [0.15, 0.2) is 0 Å². The van der Waals surface area contributed by atoms with E-state index in [1.807, 2.05) is 0 Å². The Morgan fingerprint density at radius 3 is 2.69 bits per heavy atom. The monoisotopic (exact) mass is 218 g/mol. The highest BCUT2D eigenvalue weighted by atomic mass is 15.1. The topological polar surface area (TPSA) is 17.8 Å². The molecule has 88 valence electrons. The van der Waals surface area contributed by atoms with Gasteiger partial charge >= 0.3 is 0 Å². The van der Waals surface area contributed by atoms with Crippen LogP contribution < -0.4 is 0 Å². The fraction of sp³-hybridized carbons (Fsp3) is 0.786. The Labute approximate surface area is 98.1 Å². The first-order chi connectivity index (χ1) is 7.84. The predicted molar refractivity (Wildman–Crippen MR) is 65.7 cm³/mol. The molecule has 0 bridgehead atoms. The lowest BCUT2D eigenvalue weighted by Crippen LogP contribution is -2.14. The van der Waals surface area contributed by atoms with E-state index >= 15 is 0 Å². The lowest BCUT2D eigenvalue weighted by atomic mass is 9.87. The van der Waals surface area contributed by atoms with E-state index in [1.165, 1.54) is 62.9 Å². The highest BCUT2D eigenvalue weighted by molar-refractivity contribution is 5.13. The number of fused-ring (bicyclic) bond motifs is 1. The van der Waals surface area contributed by atoms with E-state index in [-0.39, 0.29) is 0 Å². The van der Waals surface area contributed by atoms with Crippen molar-refractivity contribution in [3.05, 3.63) is 17.7 Å². The van der Waals surface area contributed by atoms with Gasteiger partial charge in [0.2, 0.25) is 0 Å². The van der Waals surface area contributed by atoms with Crippen LogP contribution in [0.5, 0.6) is 0 Å². The third kappa shape index (κ3) is 1.79. The quantitative estimate of drug-likeness (QED) is 0.700. The van der Waals surface area contributed by atoms with Crippen LogP contribution in [0, 0.1) is 0 Å². The Morgan fingerprint density at radius 2 is 1.94 bits per heavy atom. The van der Waals surface area contributed by atoms with Gasteiger partial charge in [0.25, 0.3) is 0 Å². The van der Waals surface area contributed by atoms with Crippen molar-refractivity contribution < 1.29 is 0 Å². The van der Waals surface area contributed by atoms with Gasteiger partial charge in [-0.1, -0.05) is 19.3 Å². The van der Waals surface area contributed by atoms with Crippen LogP contribution in [0.15, 0.2) is 6.20 Å². The lowest BCUT2D eigenvalue weighted by Gasteiger charge is -2.21. The van der Waals surface area contributed by atoms with Gasteiger partial charge < -0.3 is 4.57 Å². The second-order valence-corrected chi connectivity index (χ2v) is 5.57. The number of nitrogens with zero attached hydrogens (tertiary/aromatic N) is 2. The Morgan fingerprint density at radius 1 is 1.12 bits per heavy atom. The van der Waals surface area contributed by atoms with Crippen molar-refractivity contribution in [1.29, 1.82) is 0 Å². The summed E-state index contributed by atoms with van der Waals surface area (Å²) in [6, 6.07) is 0.675. The molecular formula is C14H22N2. The number of aromatic nitrogens is 2. The molecular weight excluding hydrogens is 196 g/mol. The Balaban J connectivity index is 1.85. The first kappa shape index (κ1) is 10.4. The zero-order chi connectivity index (χ0) is 11.0. The van der Waals surface area contributed by atoms with Gasteiger partial charge in [0.1, 0.15) is 5.82 Å². The van der Waals surface area contributed by atoms with Gasteiger partial charge in [-0.25, -0.2) is 4.98 Å². The molecule has 0 amide bonds. The van der Waals surface area contributed by atoms with Gasteiger partial charge in [0, 0.05) is 24.6 Å². The van der Waals surface area contributed by atoms with Crippen molar-refractivity contribution in [3.63, 3.8) is 0 Å². The van der Waals surface area contributed by atoms with E-state index in [1.54, 1.807) is 0 Å². The predicted octanol–water partition coefficient (Wildman–Crippen LogP) is 3.83. The van der Waals surface area contributed by atoms with Crippen molar-refractivity contribution in [1.82, 2.24) is 9.55 Å². The molecule has 2 heterocycles. The summed E-state index contributed by atoms with van der Waals surface area (Å²) < 4.78 is 2.44. The van der Waals surface area contributed by atoms with E-state index < -0.39 is 0 Å². The summed E-state index contributed by atoms with van der Waals surface area (Å²) in [5.74, 6) is 2.11. The standard InChI is InChI=1S/C14H22N2/c1-11-6-5-9-14-15-13(10-16(11)14)12-7-3-2-4-8-12/h10-12H,2-9H2,1H3. The number of rotatable bonds is 1. The lowest BCUT2D eigenvalue weighted by molar-refractivity contribution is 0.425.